The SMILES string of the molecule is CCOc1ccc(S(=O)(=O)Oc2ccc3oc(C)nc3c2)cc1. The van der Waals surface area contributed by atoms with Crippen molar-refractivity contribution in [3.8, 4) is 11.5 Å². The third kappa shape index (κ3) is 3.29. The molecule has 6 nitrogen and oxygen atoms in total. The lowest BCUT2D eigenvalue weighted by Crippen LogP contribution is -2.09. The highest BCUT2D eigenvalue weighted by Gasteiger charge is 2.17. The van der Waals surface area contributed by atoms with Crippen LogP contribution >= 0.6 is 0 Å². The van der Waals surface area contributed by atoms with Crippen LogP contribution in [0.5, 0.6) is 11.5 Å². The summed E-state index contributed by atoms with van der Waals surface area (Å²) < 4.78 is 40.4. The molecule has 0 bridgehead atoms. The Hall–Kier alpha value is -2.54. The minimum atomic E-state index is -3.92. The zero-order chi connectivity index (χ0) is 16.4. The summed E-state index contributed by atoms with van der Waals surface area (Å²) in [6.45, 7) is 4.09. The minimum absolute atomic E-state index is 0.0531. The zero-order valence-corrected chi connectivity index (χ0v) is 13.5. The molecule has 0 aliphatic heterocycles. The molecule has 0 aliphatic rings. The first-order valence-electron chi connectivity index (χ1n) is 7.02. The molecule has 120 valence electrons. The van der Waals surface area contributed by atoms with E-state index in [2.05, 4.69) is 4.98 Å². The van der Waals surface area contributed by atoms with Crippen molar-refractivity contribution in [1.29, 1.82) is 0 Å². The molecular formula is C16H15NO5S. The molecule has 0 aliphatic carbocycles. The van der Waals surface area contributed by atoms with Crippen molar-refractivity contribution in [2.75, 3.05) is 6.61 Å². The average Bonchev–Trinajstić information content (AvgIpc) is 2.87. The van der Waals surface area contributed by atoms with Crippen LogP contribution in [0.2, 0.25) is 0 Å². The van der Waals surface area contributed by atoms with Gasteiger partial charge in [0.2, 0.25) is 0 Å². The van der Waals surface area contributed by atoms with E-state index in [-0.39, 0.29) is 10.6 Å². The predicted molar refractivity (Wildman–Crippen MR) is 84.2 cm³/mol. The van der Waals surface area contributed by atoms with Gasteiger partial charge in [-0.2, -0.15) is 8.42 Å². The van der Waals surface area contributed by atoms with Crippen LogP contribution in [-0.2, 0) is 10.1 Å². The Morgan fingerprint density at radius 2 is 1.78 bits per heavy atom. The third-order valence-electron chi connectivity index (χ3n) is 3.10. The van der Waals surface area contributed by atoms with Gasteiger partial charge >= 0.3 is 10.1 Å². The van der Waals surface area contributed by atoms with Crippen LogP contribution in [0.1, 0.15) is 12.8 Å². The van der Waals surface area contributed by atoms with E-state index in [1.165, 1.54) is 24.3 Å². The highest BCUT2D eigenvalue weighted by atomic mass is 32.2. The summed E-state index contributed by atoms with van der Waals surface area (Å²) in [5.74, 6) is 1.29. The van der Waals surface area contributed by atoms with Crippen LogP contribution in [-0.4, -0.2) is 20.0 Å². The van der Waals surface area contributed by atoms with Gasteiger partial charge < -0.3 is 13.3 Å². The monoisotopic (exact) mass is 333 g/mol. The number of rotatable bonds is 5. The molecule has 0 unspecified atom stereocenters. The molecule has 0 saturated heterocycles. The normalized spacial score (nSPS) is 11.6. The second-order valence-corrected chi connectivity index (χ2v) is 6.35. The van der Waals surface area contributed by atoms with Crippen molar-refractivity contribution in [3.05, 3.63) is 48.4 Å². The number of ether oxygens (including phenoxy) is 1. The fraction of sp³-hybridized carbons (Fsp3) is 0.188. The summed E-state index contributed by atoms with van der Waals surface area (Å²) in [5, 5.41) is 0. The van der Waals surface area contributed by atoms with Crippen LogP contribution in [0.25, 0.3) is 11.1 Å². The molecule has 0 atom stereocenters. The second-order valence-electron chi connectivity index (χ2n) is 4.80. The quantitative estimate of drug-likeness (QED) is 0.667. The molecule has 3 aromatic rings. The lowest BCUT2D eigenvalue weighted by molar-refractivity contribution is 0.340. The predicted octanol–water partition coefficient (Wildman–Crippen LogP) is 3.30. The van der Waals surface area contributed by atoms with Crippen LogP contribution < -0.4 is 8.92 Å². The van der Waals surface area contributed by atoms with Gasteiger partial charge in [0, 0.05) is 13.0 Å². The summed E-state index contributed by atoms with van der Waals surface area (Å²) in [4.78, 5) is 4.20. The molecule has 0 saturated carbocycles. The lowest BCUT2D eigenvalue weighted by atomic mass is 10.3. The number of benzene rings is 2. The molecule has 0 N–H and O–H groups in total. The lowest BCUT2D eigenvalue weighted by Gasteiger charge is -2.08. The Balaban J connectivity index is 1.86. The van der Waals surface area contributed by atoms with Crippen molar-refractivity contribution < 1.29 is 21.8 Å². The Labute approximate surface area is 133 Å². The van der Waals surface area contributed by atoms with Crippen LogP contribution in [0.15, 0.2) is 51.8 Å². The van der Waals surface area contributed by atoms with Crippen molar-refractivity contribution in [1.82, 2.24) is 4.98 Å². The average molecular weight is 333 g/mol. The molecule has 7 heteroatoms. The summed E-state index contributed by atoms with van der Waals surface area (Å²) in [7, 11) is -3.92. The van der Waals surface area contributed by atoms with Crippen LogP contribution in [0.3, 0.4) is 0 Å². The summed E-state index contributed by atoms with van der Waals surface area (Å²) in [6.07, 6.45) is 0. The number of aryl methyl sites for hydroxylation is 1. The van der Waals surface area contributed by atoms with Gasteiger partial charge in [-0.1, -0.05) is 0 Å². The summed E-state index contributed by atoms with van der Waals surface area (Å²) in [5.41, 5.74) is 1.12. The van der Waals surface area contributed by atoms with Gasteiger partial charge in [-0.05, 0) is 43.3 Å². The van der Waals surface area contributed by atoms with E-state index in [9.17, 15) is 8.42 Å². The third-order valence-corrected chi connectivity index (χ3v) is 4.36. The highest BCUT2D eigenvalue weighted by Crippen LogP contribution is 2.25. The molecule has 1 aromatic heterocycles. The first-order valence-corrected chi connectivity index (χ1v) is 8.43. The minimum Gasteiger partial charge on any atom is -0.494 e. The van der Waals surface area contributed by atoms with E-state index in [1.54, 1.807) is 25.1 Å². The van der Waals surface area contributed by atoms with Crippen molar-refractivity contribution in [2.24, 2.45) is 0 Å². The topological polar surface area (TPSA) is 78.6 Å². The van der Waals surface area contributed by atoms with Gasteiger partial charge in [-0.3, -0.25) is 0 Å². The highest BCUT2D eigenvalue weighted by molar-refractivity contribution is 7.87. The van der Waals surface area contributed by atoms with Crippen LogP contribution in [0.4, 0.5) is 0 Å². The standard InChI is InChI=1S/C16H15NO5S/c1-3-20-12-4-7-14(8-5-12)23(18,19)22-13-6-9-16-15(10-13)17-11(2)21-16/h4-10H,3H2,1-2H3. The molecule has 0 fully saturated rings. The molecule has 0 spiro atoms. The number of hydrogen-bond donors (Lipinski definition) is 0. The van der Waals surface area contributed by atoms with Gasteiger partial charge in [-0.15, -0.1) is 0 Å². The summed E-state index contributed by atoms with van der Waals surface area (Å²) in [6, 6.07) is 10.7. The van der Waals surface area contributed by atoms with E-state index in [1.807, 2.05) is 6.92 Å². The number of aromatic nitrogens is 1. The maximum atomic E-state index is 12.3. The molecule has 2 aromatic carbocycles. The number of oxazole rings is 1. The number of nitrogens with zero attached hydrogens (tertiary/aromatic N) is 1. The van der Waals surface area contributed by atoms with Crippen LogP contribution in [0, 0.1) is 6.92 Å². The second kappa shape index (κ2) is 5.92. The Bertz CT molecular complexity index is 929. The fourth-order valence-corrected chi connectivity index (χ4v) is 3.04. The van der Waals surface area contributed by atoms with Gasteiger partial charge in [0.25, 0.3) is 0 Å². The summed E-state index contributed by atoms with van der Waals surface area (Å²) >= 11 is 0. The molecule has 0 radical (unpaired) electrons. The molecule has 0 amide bonds. The maximum absolute atomic E-state index is 12.3. The number of fused-ring (bicyclic) bond motifs is 1. The van der Waals surface area contributed by atoms with E-state index < -0.39 is 10.1 Å². The van der Waals surface area contributed by atoms with Crippen molar-refractivity contribution >= 4 is 21.2 Å². The molecular weight excluding hydrogens is 318 g/mol. The van der Waals surface area contributed by atoms with Crippen molar-refractivity contribution in [2.45, 2.75) is 18.7 Å². The smallest absolute Gasteiger partial charge is 0.339 e. The van der Waals surface area contributed by atoms with Gasteiger partial charge in [0.15, 0.2) is 11.5 Å². The van der Waals surface area contributed by atoms with E-state index in [0.29, 0.717) is 29.3 Å². The molecule has 3 rings (SSSR count). The zero-order valence-electron chi connectivity index (χ0n) is 12.6. The van der Waals surface area contributed by atoms with Crippen molar-refractivity contribution in [3.63, 3.8) is 0 Å². The fourth-order valence-electron chi connectivity index (χ4n) is 2.12. The molecule has 23 heavy (non-hydrogen) atoms. The first-order chi connectivity index (χ1) is 11.0. The Morgan fingerprint density at radius 1 is 1.09 bits per heavy atom. The van der Waals surface area contributed by atoms with Gasteiger partial charge in [-0.25, -0.2) is 4.98 Å². The first kappa shape index (κ1) is 15.4. The Morgan fingerprint density at radius 3 is 2.48 bits per heavy atom. The van der Waals surface area contributed by atoms with Gasteiger partial charge in [0.1, 0.15) is 21.9 Å². The largest absolute Gasteiger partial charge is 0.494 e. The Kier molecular flexibility index (Phi) is 3.96. The number of hydrogen-bond acceptors (Lipinski definition) is 6. The molecule has 1 heterocycles. The van der Waals surface area contributed by atoms with E-state index in [4.69, 9.17) is 13.3 Å². The van der Waals surface area contributed by atoms with E-state index in [0.717, 1.165) is 0 Å². The van der Waals surface area contributed by atoms with E-state index >= 15 is 0 Å². The van der Waals surface area contributed by atoms with Gasteiger partial charge in [0.05, 0.1) is 6.61 Å². The maximum Gasteiger partial charge on any atom is 0.339 e.